The molecule has 1 nitrogen and oxygen atoms in total. The molecule has 1 heterocycles. The Labute approximate surface area is 139 Å². The highest BCUT2D eigenvalue weighted by Crippen LogP contribution is 2.47. The number of halogens is 2. The van der Waals surface area contributed by atoms with E-state index >= 15 is 0 Å². The Morgan fingerprint density at radius 3 is 2.65 bits per heavy atom. The minimum atomic E-state index is 0.478. The van der Waals surface area contributed by atoms with E-state index in [1.165, 1.54) is 49.8 Å². The van der Waals surface area contributed by atoms with Crippen LogP contribution in [-0.4, -0.2) is 7.05 Å². The number of nitrogens with one attached hydrogen (secondary N) is 1. The molecule has 3 rings (SSSR count). The summed E-state index contributed by atoms with van der Waals surface area (Å²) in [4.78, 5) is 1.39. The first kappa shape index (κ1) is 15.3. The molecule has 4 atom stereocenters. The van der Waals surface area contributed by atoms with E-state index in [1.54, 1.807) is 11.3 Å². The fourth-order valence-electron chi connectivity index (χ4n) is 4.34. The third-order valence-electron chi connectivity index (χ3n) is 5.33. The predicted octanol–water partition coefficient (Wildman–Crippen LogP) is 6.03. The zero-order valence-corrected chi connectivity index (χ0v) is 15.2. The fraction of sp³-hybridized carbons (Fsp3) is 0.750. The third-order valence-corrected chi connectivity index (χ3v) is 7.89. The van der Waals surface area contributed by atoms with Crippen molar-refractivity contribution in [2.24, 2.45) is 17.8 Å². The van der Waals surface area contributed by atoms with Crippen LogP contribution in [0.5, 0.6) is 0 Å². The van der Waals surface area contributed by atoms with Crippen molar-refractivity contribution >= 4 is 38.9 Å². The van der Waals surface area contributed by atoms with Crippen LogP contribution >= 0.6 is 38.9 Å². The van der Waals surface area contributed by atoms with Gasteiger partial charge in [-0.15, -0.1) is 11.3 Å². The van der Waals surface area contributed by atoms with E-state index in [0.717, 1.165) is 26.6 Å². The molecule has 0 radical (unpaired) electrons. The highest BCUT2D eigenvalue weighted by molar-refractivity contribution is 9.11. The quantitative estimate of drug-likeness (QED) is 0.679. The van der Waals surface area contributed by atoms with Crippen LogP contribution in [0.15, 0.2) is 9.85 Å². The van der Waals surface area contributed by atoms with Gasteiger partial charge in [0.1, 0.15) is 0 Å². The van der Waals surface area contributed by atoms with Crippen LogP contribution < -0.4 is 5.32 Å². The summed E-state index contributed by atoms with van der Waals surface area (Å²) >= 11 is 11.6. The molecular weight excluding hydrogens is 354 g/mol. The molecule has 1 aromatic heterocycles. The minimum Gasteiger partial charge on any atom is -0.312 e. The van der Waals surface area contributed by atoms with Crippen LogP contribution in [0.25, 0.3) is 0 Å². The van der Waals surface area contributed by atoms with E-state index in [1.807, 2.05) is 0 Å². The van der Waals surface area contributed by atoms with E-state index in [0.29, 0.717) is 6.04 Å². The Hall–Kier alpha value is 0.430. The lowest BCUT2D eigenvalue weighted by Gasteiger charge is -2.41. The van der Waals surface area contributed by atoms with Crippen molar-refractivity contribution in [1.29, 1.82) is 0 Å². The molecule has 2 aliphatic rings. The molecule has 20 heavy (non-hydrogen) atoms. The molecular formula is C16H23BrClNS. The van der Waals surface area contributed by atoms with Crippen LogP contribution in [0.4, 0.5) is 0 Å². The van der Waals surface area contributed by atoms with Crippen molar-refractivity contribution in [3.05, 3.63) is 19.8 Å². The van der Waals surface area contributed by atoms with Gasteiger partial charge in [0.25, 0.3) is 0 Å². The molecule has 1 N–H and O–H groups in total. The second-order valence-corrected chi connectivity index (χ2v) is 9.22. The lowest BCUT2D eigenvalue weighted by molar-refractivity contribution is 0.112. The Morgan fingerprint density at radius 1 is 1.25 bits per heavy atom. The molecule has 1 aromatic rings. The SMILES string of the molecule is CNC(c1cc(Cl)c(Br)s1)C1CCC2CCCCC2C1. The third kappa shape index (κ3) is 3.11. The summed E-state index contributed by atoms with van der Waals surface area (Å²) in [6.45, 7) is 0. The summed E-state index contributed by atoms with van der Waals surface area (Å²) in [6.07, 6.45) is 10.1. The van der Waals surface area contributed by atoms with Gasteiger partial charge in [-0.2, -0.15) is 0 Å². The van der Waals surface area contributed by atoms with E-state index in [9.17, 15) is 0 Å². The number of hydrogen-bond acceptors (Lipinski definition) is 2. The van der Waals surface area contributed by atoms with Crippen LogP contribution in [0.3, 0.4) is 0 Å². The highest BCUT2D eigenvalue weighted by atomic mass is 79.9. The lowest BCUT2D eigenvalue weighted by atomic mass is 9.66. The Kier molecular flexibility index (Phi) is 5.12. The first-order chi connectivity index (χ1) is 9.69. The molecule has 0 spiro atoms. The molecule has 0 saturated heterocycles. The molecule has 112 valence electrons. The standard InChI is InChI=1S/C16H23BrClNS/c1-19-15(14-9-13(18)16(17)20-14)12-7-6-10-4-2-3-5-11(10)8-12/h9-12,15,19H,2-8H2,1H3. The van der Waals surface area contributed by atoms with E-state index in [-0.39, 0.29) is 0 Å². The molecule has 2 aliphatic carbocycles. The summed E-state index contributed by atoms with van der Waals surface area (Å²) in [7, 11) is 2.10. The van der Waals surface area contributed by atoms with E-state index in [2.05, 4.69) is 34.4 Å². The van der Waals surface area contributed by atoms with Gasteiger partial charge in [-0.3, -0.25) is 0 Å². The van der Waals surface area contributed by atoms with Crippen LogP contribution in [0.2, 0.25) is 5.02 Å². The van der Waals surface area contributed by atoms with Crippen LogP contribution in [0.1, 0.15) is 55.9 Å². The second kappa shape index (κ2) is 6.68. The number of rotatable bonds is 3. The first-order valence-electron chi connectivity index (χ1n) is 7.81. The van der Waals surface area contributed by atoms with Crippen molar-refractivity contribution in [2.75, 3.05) is 7.05 Å². The normalized spacial score (nSPS) is 31.9. The maximum absolute atomic E-state index is 6.22. The molecule has 2 saturated carbocycles. The summed E-state index contributed by atoms with van der Waals surface area (Å²) in [5.41, 5.74) is 0. The average molecular weight is 377 g/mol. The Bertz CT molecular complexity index is 442. The Balaban J connectivity index is 1.73. The molecule has 0 aliphatic heterocycles. The molecule has 0 bridgehead atoms. The monoisotopic (exact) mass is 375 g/mol. The van der Waals surface area contributed by atoms with Gasteiger partial charge in [-0.25, -0.2) is 0 Å². The van der Waals surface area contributed by atoms with Crippen molar-refractivity contribution in [3.63, 3.8) is 0 Å². The maximum Gasteiger partial charge on any atom is 0.0887 e. The van der Waals surface area contributed by atoms with E-state index < -0.39 is 0 Å². The number of fused-ring (bicyclic) bond motifs is 1. The average Bonchev–Trinajstić information content (AvgIpc) is 2.79. The van der Waals surface area contributed by atoms with Gasteiger partial charge >= 0.3 is 0 Å². The number of hydrogen-bond donors (Lipinski definition) is 1. The largest absolute Gasteiger partial charge is 0.312 e. The molecule has 0 amide bonds. The van der Waals surface area contributed by atoms with Crippen molar-refractivity contribution < 1.29 is 0 Å². The second-order valence-electron chi connectivity index (χ2n) is 6.41. The topological polar surface area (TPSA) is 12.0 Å². The highest BCUT2D eigenvalue weighted by Gasteiger charge is 2.36. The van der Waals surface area contributed by atoms with Crippen LogP contribution in [0, 0.1) is 17.8 Å². The van der Waals surface area contributed by atoms with Crippen LogP contribution in [-0.2, 0) is 0 Å². The van der Waals surface area contributed by atoms with Crippen molar-refractivity contribution in [2.45, 2.75) is 51.0 Å². The minimum absolute atomic E-state index is 0.478. The van der Waals surface area contributed by atoms with E-state index in [4.69, 9.17) is 11.6 Å². The maximum atomic E-state index is 6.22. The van der Waals surface area contributed by atoms with Gasteiger partial charge in [-0.05, 0) is 66.1 Å². The summed E-state index contributed by atoms with van der Waals surface area (Å²) < 4.78 is 1.07. The summed E-state index contributed by atoms with van der Waals surface area (Å²) in [6, 6.07) is 2.62. The number of thiophene rings is 1. The Morgan fingerprint density at radius 2 is 2.00 bits per heavy atom. The first-order valence-corrected chi connectivity index (χ1v) is 9.79. The fourth-order valence-corrected chi connectivity index (χ4v) is 6.29. The van der Waals surface area contributed by atoms with Gasteiger partial charge in [0.05, 0.1) is 8.81 Å². The zero-order valence-electron chi connectivity index (χ0n) is 12.0. The van der Waals surface area contributed by atoms with Crippen molar-refractivity contribution in [3.8, 4) is 0 Å². The zero-order chi connectivity index (χ0) is 14.1. The summed E-state index contributed by atoms with van der Waals surface area (Å²) in [5.74, 6) is 2.79. The van der Waals surface area contributed by atoms with Gasteiger partial charge in [0.2, 0.25) is 0 Å². The summed E-state index contributed by atoms with van der Waals surface area (Å²) in [5, 5.41) is 4.41. The molecule has 2 fully saturated rings. The molecule has 4 unspecified atom stereocenters. The van der Waals surface area contributed by atoms with Gasteiger partial charge < -0.3 is 5.32 Å². The smallest absolute Gasteiger partial charge is 0.0887 e. The lowest BCUT2D eigenvalue weighted by Crippen LogP contribution is -2.34. The van der Waals surface area contributed by atoms with Gasteiger partial charge in [0, 0.05) is 10.9 Å². The predicted molar refractivity (Wildman–Crippen MR) is 91.6 cm³/mol. The van der Waals surface area contributed by atoms with Gasteiger partial charge in [-0.1, -0.05) is 37.3 Å². The molecule has 4 heteroatoms. The molecule has 0 aromatic carbocycles. The van der Waals surface area contributed by atoms with Crippen molar-refractivity contribution in [1.82, 2.24) is 5.32 Å². The van der Waals surface area contributed by atoms with Gasteiger partial charge in [0.15, 0.2) is 0 Å².